The average Bonchev–Trinajstić information content (AvgIpc) is 2.25. The predicted molar refractivity (Wildman–Crippen MR) is 51.9 cm³/mol. The summed E-state index contributed by atoms with van der Waals surface area (Å²) in [5.41, 5.74) is 0. The summed E-state index contributed by atoms with van der Waals surface area (Å²) >= 11 is 0. The Bertz CT molecular complexity index is 337. The maximum Gasteiger partial charge on any atom is 0.162 e. The summed E-state index contributed by atoms with van der Waals surface area (Å²) in [4.78, 5) is 0. The summed E-state index contributed by atoms with van der Waals surface area (Å²) in [5, 5.41) is 4.19. The molecule has 1 aromatic rings. The molecule has 1 fully saturated rings. The molecule has 1 heterocycles. The van der Waals surface area contributed by atoms with E-state index in [1.54, 1.807) is 0 Å². The first kappa shape index (κ1) is 10.4. The molecular formula is C11H12F2NO. The molecule has 1 saturated heterocycles. The molecule has 1 aliphatic rings. The SMILES string of the molecule is Fc1ccc(OC2CC[N]CC2)cc1F. The smallest absolute Gasteiger partial charge is 0.162 e. The van der Waals surface area contributed by atoms with Crippen molar-refractivity contribution in [1.82, 2.24) is 5.32 Å². The van der Waals surface area contributed by atoms with Gasteiger partial charge in [0.1, 0.15) is 11.9 Å². The first-order valence-corrected chi connectivity index (χ1v) is 5.00. The van der Waals surface area contributed by atoms with E-state index < -0.39 is 11.6 Å². The van der Waals surface area contributed by atoms with E-state index in [2.05, 4.69) is 5.32 Å². The van der Waals surface area contributed by atoms with Gasteiger partial charge in [0.25, 0.3) is 0 Å². The molecular weight excluding hydrogens is 200 g/mol. The van der Waals surface area contributed by atoms with Gasteiger partial charge in [0.15, 0.2) is 11.6 Å². The quantitative estimate of drug-likeness (QED) is 0.736. The molecule has 1 aliphatic heterocycles. The zero-order chi connectivity index (χ0) is 10.7. The molecule has 1 radical (unpaired) electrons. The molecule has 0 unspecified atom stereocenters. The molecule has 0 saturated carbocycles. The lowest BCUT2D eigenvalue weighted by molar-refractivity contribution is 0.160. The van der Waals surface area contributed by atoms with Gasteiger partial charge in [-0.1, -0.05) is 0 Å². The molecule has 1 aromatic carbocycles. The maximum absolute atomic E-state index is 12.9. The molecule has 0 aliphatic carbocycles. The van der Waals surface area contributed by atoms with Crippen molar-refractivity contribution in [3.8, 4) is 5.75 Å². The zero-order valence-electron chi connectivity index (χ0n) is 8.25. The van der Waals surface area contributed by atoms with Crippen LogP contribution >= 0.6 is 0 Å². The van der Waals surface area contributed by atoms with Gasteiger partial charge in [-0.25, -0.2) is 14.1 Å². The van der Waals surface area contributed by atoms with Crippen LogP contribution in [0.2, 0.25) is 0 Å². The first-order chi connectivity index (χ1) is 7.25. The largest absolute Gasteiger partial charge is 0.490 e. The Labute approximate surface area is 87.2 Å². The summed E-state index contributed by atoms with van der Waals surface area (Å²) < 4.78 is 31.0. The predicted octanol–water partition coefficient (Wildman–Crippen LogP) is 2.11. The van der Waals surface area contributed by atoms with Gasteiger partial charge in [-0.05, 0) is 25.0 Å². The van der Waals surface area contributed by atoms with E-state index in [1.165, 1.54) is 6.07 Å². The van der Waals surface area contributed by atoms with Gasteiger partial charge in [-0.3, -0.25) is 0 Å². The van der Waals surface area contributed by atoms with Crippen molar-refractivity contribution >= 4 is 0 Å². The Hall–Kier alpha value is -1.16. The first-order valence-electron chi connectivity index (χ1n) is 5.00. The lowest BCUT2D eigenvalue weighted by Gasteiger charge is -2.22. The number of piperidine rings is 1. The number of hydrogen-bond acceptors (Lipinski definition) is 1. The summed E-state index contributed by atoms with van der Waals surface area (Å²) in [7, 11) is 0. The number of ether oxygens (including phenoxy) is 1. The van der Waals surface area contributed by atoms with Gasteiger partial charge in [0.2, 0.25) is 0 Å². The summed E-state index contributed by atoms with van der Waals surface area (Å²) in [6.07, 6.45) is 1.77. The third kappa shape index (κ3) is 2.65. The molecule has 0 bridgehead atoms. The number of hydrogen-bond donors (Lipinski definition) is 0. The van der Waals surface area contributed by atoms with Crippen LogP contribution < -0.4 is 10.1 Å². The Kier molecular flexibility index (Phi) is 3.16. The molecule has 0 spiro atoms. The fraction of sp³-hybridized carbons (Fsp3) is 0.455. The molecule has 2 rings (SSSR count). The van der Waals surface area contributed by atoms with Gasteiger partial charge in [-0.2, -0.15) is 0 Å². The van der Waals surface area contributed by atoms with E-state index in [1.807, 2.05) is 0 Å². The fourth-order valence-electron chi connectivity index (χ4n) is 1.59. The van der Waals surface area contributed by atoms with Crippen LogP contribution in [0.4, 0.5) is 8.78 Å². The summed E-state index contributed by atoms with van der Waals surface area (Å²) in [5.74, 6) is -1.32. The normalized spacial score (nSPS) is 17.7. The van der Waals surface area contributed by atoms with Crippen LogP contribution in [0.15, 0.2) is 18.2 Å². The van der Waals surface area contributed by atoms with Crippen LogP contribution in [0, 0.1) is 11.6 Å². The number of benzene rings is 1. The van der Waals surface area contributed by atoms with Gasteiger partial charge in [0, 0.05) is 19.2 Å². The number of nitrogens with zero attached hydrogens (tertiary/aromatic N) is 1. The van der Waals surface area contributed by atoms with Crippen molar-refractivity contribution in [3.63, 3.8) is 0 Å². The van der Waals surface area contributed by atoms with Crippen molar-refractivity contribution in [2.45, 2.75) is 18.9 Å². The van der Waals surface area contributed by atoms with Crippen molar-refractivity contribution in [1.29, 1.82) is 0 Å². The van der Waals surface area contributed by atoms with E-state index in [9.17, 15) is 8.78 Å². The minimum Gasteiger partial charge on any atom is -0.490 e. The van der Waals surface area contributed by atoms with Crippen LogP contribution in [0.3, 0.4) is 0 Å². The molecule has 2 nitrogen and oxygen atoms in total. The molecule has 0 aromatic heterocycles. The zero-order valence-corrected chi connectivity index (χ0v) is 8.25. The fourth-order valence-corrected chi connectivity index (χ4v) is 1.59. The summed E-state index contributed by atoms with van der Waals surface area (Å²) in [6.45, 7) is 1.57. The lowest BCUT2D eigenvalue weighted by Crippen LogP contribution is -2.30. The van der Waals surface area contributed by atoms with Crippen LogP contribution in [-0.2, 0) is 0 Å². The Balaban J connectivity index is 2.00. The monoisotopic (exact) mass is 212 g/mol. The third-order valence-electron chi connectivity index (χ3n) is 2.41. The van der Waals surface area contributed by atoms with Gasteiger partial charge in [0.05, 0.1) is 0 Å². The minimum absolute atomic E-state index is 0.0763. The molecule has 0 atom stereocenters. The Morgan fingerprint density at radius 2 is 1.87 bits per heavy atom. The van der Waals surface area contributed by atoms with Gasteiger partial charge < -0.3 is 4.74 Å². The highest BCUT2D eigenvalue weighted by Crippen LogP contribution is 2.19. The third-order valence-corrected chi connectivity index (χ3v) is 2.41. The molecule has 0 amide bonds. The number of rotatable bonds is 2. The Morgan fingerprint density at radius 1 is 1.13 bits per heavy atom. The number of halogens is 2. The van der Waals surface area contributed by atoms with Crippen LogP contribution in [0.25, 0.3) is 0 Å². The van der Waals surface area contributed by atoms with Crippen molar-refractivity contribution in [2.75, 3.05) is 13.1 Å². The van der Waals surface area contributed by atoms with Crippen molar-refractivity contribution in [2.24, 2.45) is 0 Å². The molecule has 81 valence electrons. The lowest BCUT2D eigenvalue weighted by atomic mass is 10.1. The molecule has 4 heteroatoms. The van der Waals surface area contributed by atoms with E-state index in [4.69, 9.17) is 4.74 Å². The second-order valence-electron chi connectivity index (χ2n) is 3.56. The second-order valence-corrected chi connectivity index (χ2v) is 3.56. The molecule has 0 N–H and O–H groups in total. The Morgan fingerprint density at radius 3 is 2.53 bits per heavy atom. The topological polar surface area (TPSA) is 23.3 Å². The van der Waals surface area contributed by atoms with Crippen molar-refractivity contribution < 1.29 is 13.5 Å². The van der Waals surface area contributed by atoms with Crippen LogP contribution in [-0.4, -0.2) is 19.2 Å². The standard InChI is InChI=1S/C11H12F2NO/c12-10-2-1-9(7-11(10)13)15-8-3-5-14-6-4-8/h1-2,7-8H,3-6H2. The van der Waals surface area contributed by atoms with E-state index in [-0.39, 0.29) is 6.10 Å². The second kappa shape index (κ2) is 4.57. The maximum atomic E-state index is 12.9. The highest BCUT2D eigenvalue weighted by Gasteiger charge is 2.15. The van der Waals surface area contributed by atoms with Gasteiger partial charge in [-0.15, -0.1) is 0 Å². The molecule has 15 heavy (non-hydrogen) atoms. The van der Waals surface area contributed by atoms with Crippen molar-refractivity contribution in [3.05, 3.63) is 29.8 Å². The average molecular weight is 212 g/mol. The summed E-state index contributed by atoms with van der Waals surface area (Å²) in [6, 6.07) is 3.61. The highest BCUT2D eigenvalue weighted by atomic mass is 19.2. The highest BCUT2D eigenvalue weighted by molar-refractivity contribution is 5.23. The van der Waals surface area contributed by atoms with Crippen LogP contribution in [0.5, 0.6) is 5.75 Å². The minimum atomic E-state index is -0.868. The van der Waals surface area contributed by atoms with Gasteiger partial charge >= 0.3 is 0 Å². The van der Waals surface area contributed by atoms with E-state index >= 15 is 0 Å². The van der Waals surface area contributed by atoms with Crippen LogP contribution in [0.1, 0.15) is 12.8 Å². The van der Waals surface area contributed by atoms with E-state index in [0.717, 1.165) is 38.1 Å². The van der Waals surface area contributed by atoms with E-state index in [0.29, 0.717) is 5.75 Å².